The molecule has 19 heavy (non-hydrogen) atoms. The van der Waals surface area contributed by atoms with Crippen molar-refractivity contribution in [1.29, 1.82) is 0 Å². The molecule has 1 N–H and O–H groups in total. The van der Waals surface area contributed by atoms with Crippen LogP contribution in [0.1, 0.15) is 24.5 Å². The second-order valence-electron chi connectivity index (χ2n) is 4.80. The van der Waals surface area contributed by atoms with Gasteiger partial charge in [0, 0.05) is 10.2 Å². The molecule has 2 amide bonds. The predicted molar refractivity (Wildman–Crippen MR) is 78.2 cm³/mol. The van der Waals surface area contributed by atoms with Crippen molar-refractivity contribution in [3.05, 3.63) is 27.7 Å². The summed E-state index contributed by atoms with van der Waals surface area (Å²) in [7, 11) is 0. The molecule has 1 atom stereocenters. The standard InChI is InChI=1S/C14H17BrN2O2/c1-4-11-14(19)16-7-12(18)17(11)10-5-8(2)13(15)9(3)6-10/h5-6,11H,4,7H2,1-3H3,(H,16,19). The van der Waals surface area contributed by atoms with Crippen LogP contribution >= 0.6 is 15.9 Å². The molecule has 2 rings (SSSR count). The number of piperazine rings is 1. The molecule has 0 aromatic heterocycles. The smallest absolute Gasteiger partial charge is 0.247 e. The van der Waals surface area contributed by atoms with Crippen LogP contribution in [0.5, 0.6) is 0 Å². The fraction of sp³-hybridized carbons (Fsp3) is 0.429. The number of hydrogen-bond donors (Lipinski definition) is 1. The van der Waals surface area contributed by atoms with Crippen LogP contribution in [0.15, 0.2) is 16.6 Å². The first-order chi connectivity index (χ1) is 8.95. The molecule has 0 radical (unpaired) electrons. The minimum absolute atomic E-state index is 0.0624. The number of aryl methyl sites for hydroxylation is 2. The molecule has 1 aromatic carbocycles. The quantitative estimate of drug-likeness (QED) is 0.907. The minimum Gasteiger partial charge on any atom is -0.345 e. The topological polar surface area (TPSA) is 49.4 Å². The third-order valence-electron chi connectivity index (χ3n) is 3.38. The monoisotopic (exact) mass is 324 g/mol. The maximum absolute atomic E-state index is 12.1. The molecule has 0 aliphatic carbocycles. The fourth-order valence-electron chi connectivity index (χ4n) is 2.41. The minimum atomic E-state index is -0.416. The van der Waals surface area contributed by atoms with Gasteiger partial charge in [-0.25, -0.2) is 0 Å². The number of benzene rings is 1. The second-order valence-corrected chi connectivity index (χ2v) is 5.59. The van der Waals surface area contributed by atoms with Crippen LogP contribution in [0.25, 0.3) is 0 Å². The first-order valence-electron chi connectivity index (χ1n) is 6.32. The Hall–Kier alpha value is -1.36. The van der Waals surface area contributed by atoms with Gasteiger partial charge in [-0.2, -0.15) is 0 Å². The Morgan fingerprint density at radius 3 is 2.42 bits per heavy atom. The van der Waals surface area contributed by atoms with Crippen molar-refractivity contribution >= 4 is 33.4 Å². The van der Waals surface area contributed by atoms with E-state index in [4.69, 9.17) is 0 Å². The highest BCUT2D eigenvalue weighted by Gasteiger charge is 2.34. The van der Waals surface area contributed by atoms with Crippen molar-refractivity contribution in [1.82, 2.24) is 5.32 Å². The molecular formula is C14H17BrN2O2. The van der Waals surface area contributed by atoms with Crippen LogP contribution < -0.4 is 10.2 Å². The molecule has 1 fully saturated rings. The average Bonchev–Trinajstić information content (AvgIpc) is 2.37. The number of rotatable bonds is 2. The normalized spacial score (nSPS) is 19.6. The zero-order valence-electron chi connectivity index (χ0n) is 11.3. The first kappa shape index (κ1) is 14.1. The molecule has 102 valence electrons. The van der Waals surface area contributed by atoms with Crippen molar-refractivity contribution in [2.45, 2.75) is 33.2 Å². The third kappa shape index (κ3) is 2.52. The van der Waals surface area contributed by atoms with E-state index < -0.39 is 6.04 Å². The van der Waals surface area contributed by atoms with Crippen molar-refractivity contribution in [2.75, 3.05) is 11.4 Å². The Morgan fingerprint density at radius 2 is 1.89 bits per heavy atom. The van der Waals surface area contributed by atoms with Crippen LogP contribution in [0, 0.1) is 13.8 Å². The lowest BCUT2D eigenvalue weighted by molar-refractivity contribution is -0.131. The number of amides is 2. The van der Waals surface area contributed by atoms with Gasteiger partial charge in [-0.05, 0) is 43.5 Å². The van der Waals surface area contributed by atoms with Crippen molar-refractivity contribution in [3.63, 3.8) is 0 Å². The molecule has 1 aliphatic rings. The summed E-state index contributed by atoms with van der Waals surface area (Å²) >= 11 is 3.51. The Balaban J connectivity index is 2.48. The number of nitrogens with zero attached hydrogens (tertiary/aromatic N) is 1. The van der Waals surface area contributed by atoms with E-state index in [-0.39, 0.29) is 18.4 Å². The van der Waals surface area contributed by atoms with E-state index in [1.54, 1.807) is 4.90 Å². The number of anilines is 1. The Kier molecular flexibility index (Phi) is 3.94. The van der Waals surface area contributed by atoms with Gasteiger partial charge in [-0.3, -0.25) is 14.5 Å². The molecule has 0 bridgehead atoms. The van der Waals surface area contributed by atoms with Gasteiger partial charge < -0.3 is 5.32 Å². The summed E-state index contributed by atoms with van der Waals surface area (Å²) < 4.78 is 1.04. The lowest BCUT2D eigenvalue weighted by atomic mass is 10.1. The number of nitrogens with one attached hydrogen (secondary N) is 1. The van der Waals surface area contributed by atoms with Gasteiger partial charge >= 0.3 is 0 Å². The molecule has 0 spiro atoms. The van der Waals surface area contributed by atoms with E-state index in [1.807, 2.05) is 32.9 Å². The second kappa shape index (κ2) is 5.33. The summed E-state index contributed by atoms with van der Waals surface area (Å²) in [5, 5.41) is 2.63. The Morgan fingerprint density at radius 1 is 1.32 bits per heavy atom. The van der Waals surface area contributed by atoms with E-state index in [0.717, 1.165) is 21.3 Å². The Bertz CT molecular complexity index is 519. The highest BCUT2D eigenvalue weighted by atomic mass is 79.9. The van der Waals surface area contributed by atoms with Gasteiger partial charge in [-0.15, -0.1) is 0 Å². The lowest BCUT2D eigenvalue weighted by Crippen LogP contribution is -2.58. The largest absolute Gasteiger partial charge is 0.345 e. The lowest BCUT2D eigenvalue weighted by Gasteiger charge is -2.34. The zero-order valence-corrected chi connectivity index (χ0v) is 12.9. The summed E-state index contributed by atoms with van der Waals surface area (Å²) in [5.74, 6) is -0.145. The highest BCUT2D eigenvalue weighted by Crippen LogP contribution is 2.29. The molecular weight excluding hydrogens is 308 g/mol. The maximum Gasteiger partial charge on any atom is 0.247 e. The number of carbonyl (C=O) groups is 2. The van der Waals surface area contributed by atoms with Crippen LogP contribution in [0.2, 0.25) is 0 Å². The van der Waals surface area contributed by atoms with Gasteiger partial charge in [0.15, 0.2) is 0 Å². The van der Waals surface area contributed by atoms with Gasteiger partial charge in [0.05, 0.1) is 6.54 Å². The summed E-state index contributed by atoms with van der Waals surface area (Å²) in [6, 6.07) is 3.47. The molecule has 0 saturated carbocycles. The fourth-order valence-corrected chi connectivity index (χ4v) is 2.64. The molecule has 1 unspecified atom stereocenters. The van der Waals surface area contributed by atoms with E-state index in [0.29, 0.717) is 6.42 Å². The molecule has 1 saturated heterocycles. The first-order valence-corrected chi connectivity index (χ1v) is 7.11. The van der Waals surface area contributed by atoms with Crippen LogP contribution in [0.3, 0.4) is 0 Å². The van der Waals surface area contributed by atoms with E-state index in [2.05, 4.69) is 21.2 Å². The number of halogens is 1. The van der Waals surface area contributed by atoms with Crippen LogP contribution in [-0.4, -0.2) is 24.4 Å². The summed E-state index contributed by atoms with van der Waals surface area (Å²) in [4.78, 5) is 25.6. The van der Waals surface area contributed by atoms with Gasteiger partial charge in [0.2, 0.25) is 11.8 Å². The third-order valence-corrected chi connectivity index (χ3v) is 4.63. The van der Waals surface area contributed by atoms with Crippen LogP contribution in [0.4, 0.5) is 5.69 Å². The summed E-state index contributed by atoms with van der Waals surface area (Å²) in [6.45, 7) is 5.95. The number of carbonyl (C=O) groups excluding carboxylic acids is 2. The Labute approximate surface area is 121 Å². The van der Waals surface area contributed by atoms with Crippen LogP contribution in [-0.2, 0) is 9.59 Å². The van der Waals surface area contributed by atoms with Gasteiger partial charge in [0.1, 0.15) is 6.04 Å². The summed E-state index contributed by atoms with van der Waals surface area (Å²) in [6.07, 6.45) is 0.603. The van der Waals surface area contributed by atoms with Crippen molar-refractivity contribution in [3.8, 4) is 0 Å². The predicted octanol–water partition coefficient (Wildman–Crippen LogP) is 2.31. The van der Waals surface area contributed by atoms with Crippen molar-refractivity contribution < 1.29 is 9.59 Å². The zero-order chi connectivity index (χ0) is 14.2. The summed E-state index contributed by atoms with van der Waals surface area (Å²) in [5.41, 5.74) is 2.91. The van der Waals surface area contributed by atoms with E-state index in [9.17, 15) is 9.59 Å². The van der Waals surface area contributed by atoms with E-state index in [1.165, 1.54) is 0 Å². The highest BCUT2D eigenvalue weighted by molar-refractivity contribution is 9.10. The molecule has 1 heterocycles. The molecule has 5 heteroatoms. The van der Waals surface area contributed by atoms with Crippen molar-refractivity contribution in [2.24, 2.45) is 0 Å². The van der Waals surface area contributed by atoms with E-state index >= 15 is 0 Å². The molecule has 1 aromatic rings. The van der Waals surface area contributed by atoms with Gasteiger partial charge in [0.25, 0.3) is 0 Å². The maximum atomic E-state index is 12.1. The molecule has 4 nitrogen and oxygen atoms in total. The molecule has 1 aliphatic heterocycles. The SMILES string of the molecule is CCC1C(=O)NCC(=O)N1c1cc(C)c(Br)c(C)c1. The number of hydrogen-bond acceptors (Lipinski definition) is 2. The average molecular weight is 325 g/mol. The van der Waals surface area contributed by atoms with Gasteiger partial charge in [-0.1, -0.05) is 22.9 Å².